The fourth-order valence-corrected chi connectivity index (χ4v) is 3.09. The second kappa shape index (κ2) is 7.43. The van der Waals surface area contributed by atoms with Gasteiger partial charge < -0.3 is 10.2 Å². The Kier molecular flexibility index (Phi) is 5.08. The molecule has 0 unspecified atom stereocenters. The van der Waals surface area contributed by atoms with Gasteiger partial charge in [0.05, 0.1) is 0 Å². The van der Waals surface area contributed by atoms with Crippen molar-refractivity contribution in [2.24, 2.45) is 0 Å². The van der Waals surface area contributed by atoms with E-state index in [2.05, 4.69) is 27.1 Å². The number of para-hydroxylation sites is 1. The zero-order valence-electron chi connectivity index (χ0n) is 14.4. The Bertz CT molecular complexity index is 723. The van der Waals surface area contributed by atoms with Gasteiger partial charge in [0.25, 0.3) is 5.91 Å². The summed E-state index contributed by atoms with van der Waals surface area (Å²) in [6, 6.07) is 9.68. The number of rotatable bonds is 4. The maximum atomic E-state index is 12.6. The van der Waals surface area contributed by atoms with E-state index in [1.54, 1.807) is 0 Å². The lowest BCUT2D eigenvalue weighted by atomic mass is 10.1. The van der Waals surface area contributed by atoms with Gasteiger partial charge in [0, 0.05) is 24.8 Å². The van der Waals surface area contributed by atoms with Crippen molar-refractivity contribution in [3.63, 3.8) is 0 Å². The normalized spacial score (nSPS) is 14.5. The van der Waals surface area contributed by atoms with Crippen molar-refractivity contribution < 1.29 is 4.79 Å². The Morgan fingerprint density at radius 3 is 2.67 bits per heavy atom. The van der Waals surface area contributed by atoms with Crippen LogP contribution in [-0.4, -0.2) is 29.0 Å². The molecule has 1 aliphatic rings. The quantitative estimate of drug-likeness (QED) is 0.934. The van der Waals surface area contributed by atoms with E-state index in [1.807, 2.05) is 37.3 Å². The summed E-state index contributed by atoms with van der Waals surface area (Å²) >= 11 is 0. The standard InChI is InChI=1S/C19H24N4O/c1-3-15-9-5-6-10-16(15)22-19(24)17-13-18(21-14(2)20-17)23-11-7-4-8-12-23/h5-6,9-10,13H,3-4,7-8,11-12H2,1-2H3,(H,22,24). The third-order valence-electron chi connectivity index (χ3n) is 4.38. The number of benzene rings is 1. The van der Waals surface area contributed by atoms with Crippen LogP contribution >= 0.6 is 0 Å². The molecule has 5 heteroatoms. The highest BCUT2D eigenvalue weighted by molar-refractivity contribution is 6.03. The first kappa shape index (κ1) is 16.4. The van der Waals surface area contributed by atoms with E-state index in [0.29, 0.717) is 11.5 Å². The Hall–Kier alpha value is -2.43. The number of hydrogen-bond acceptors (Lipinski definition) is 4. The number of nitrogens with one attached hydrogen (secondary N) is 1. The minimum Gasteiger partial charge on any atom is -0.356 e. The molecule has 0 radical (unpaired) electrons. The summed E-state index contributed by atoms with van der Waals surface area (Å²) in [7, 11) is 0. The molecule has 5 nitrogen and oxygen atoms in total. The Labute approximate surface area is 143 Å². The van der Waals surface area contributed by atoms with E-state index in [1.165, 1.54) is 19.3 Å². The second-order valence-corrected chi connectivity index (χ2v) is 6.17. The van der Waals surface area contributed by atoms with E-state index >= 15 is 0 Å². The predicted molar refractivity (Wildman–Crippen MR) is 96.6 cm³/mol. The van der Waals surface area contributed by atoms with Gasteiger partial charge in [-0.1, -0.05) is 25.1 Å². The monoisotopic (exact) mass is 324 g/mol. The van der Waals surface area contributed by atoms with Gasteiger partial charge >= 0.3 is 0 Å². The highest BCUT2D eigenvalue weighted by Gasteiger charge is 2.17. The molecule has 1 aromatic heterocycles. The van der Waals surface area contributed by atoms with E-state index in [0.717, 1.165) is 36.6 Å². The molecule has 1 N–H and O–H groups in total. The highest BCUT2D eigenvalue weighted by atomic mass is 16.1. The fraction of sp³-hybridized carbons (Fsp3) is 0.421. The zero-order chi connectivity index (χ0) is 16.9. The van der Waals surface area contributed by atoms with Gasteiger partial charge in [-0.2, -0.15) is 0 Å². The first-order valence-electron chi connectivity index (χ1n) is 8.67. The average Bonchev–Trinajstić information content (AvgIpc) is 2.62. The molecule has 0 aliphatic carbocycles. The van der Waals surface area contributed by atoms with Crippen molar-refractivity contribution in [3.8, 4) is 0 Å². The van der Waals surface area contributed by atoms with Crippen LogP contribution in [0.1, 0.15) is 48.1 Å². The number of piperidine rings is 1. The van der Waals surface area contributed by atoms with Crippen LogP contribution in [0.3, 0.4) is 0 Å². The van der Waals surface area contributed by atoms with Crippen LogP contribution in [-0.2, 0) is 6.42 Å². The lowest BCUT2D eigenvalue weighted by Gasteiger charge is -2.28. The SMILES string of the molecule is CCc1ccccc1NC(=O)c1cc(N2CCCCC2)nc(C)n1. The van der Waals surface area contributed by atoms with Crippen LogP contribution in [0.4, 0.5) is 11.5 Å². The van der Waals surface area contributed by atoms with E-state index in [9.17, 15) is 4.79 Å². The first-order chi connectivity index (χ1) is 11.7. The lowest BCUT2D eigenvalue weighted by molar-refractivity contribution is 0.102. The summed E-state index contributed by atoms with van der Waals surface area (Å²) in [4.78, 5) is 23.7. The number of carbonyl (C=O) groups excluding carboxylic acids is 1. The van der Waals surface area contributed by atoms with Crippen molar-refractivity contribution in [3.05, 3.63) is 47.4 Å². The van der Waals surface area contributed by atoms with Crippen molar-refractivity contribution in [1.29, 1.82) is 0 Å². The molecule has 1 saturated heterocycles. The molecule has 24 heavy (non-hydrogen) atoms. The van der Waals surface area contributed by atoms with Gasteiger partial charge in [-0.15, -0.1) is 0 Å². The van der Waals surface area contributed by atoms with Crippen molar-refractivity contribution in [1.82, 2.24) is 9.97 Å². The topological polar surface area (TPSA) is 58.1 Å². The fourth-order valence-electron chi connectivity index (χ4n) is 3.09. The Morgan fingerprint density at radius 2 is 1.92 bits per heavy atom. The van der Waals surface area contributed by atoms with Gasteiger partial charge in [0.15, 0.2) is 0 Å². The molecule has 0 spiro atoms. The number of anilines is 2. The van der Waals surface area contributed by atoms with Crippen LogP contribution in [0.2, 0.25) is 0 Å². The van der Waals surface area contributed by atoms with Gasteiger partial charge in [-0.3, -0.25) is 4.79 Å². The van der Waals surface area contributed by atoms with Crippen LogP contribution in [0, 0.1) is 6.92 Å². The largest absolute Gasteiger partial charge is 0.356 e. The molecule has 0 atom stereocenters. The van der Waals surface area contributed by atoms with Gasteiger partial charge in [0.1, 0.15) is 17.3 Å². The number of nitrogens with zero attached hydrogens (tertiary/aromatic N) is 3. The van der Waals surface area contributed by atoms with E-state index in [-0.39, 0.29) is 5.91 Å². The summed E-state index contributed by atoms with van der Waals surface area (Å²) in [5, 5.41) is 2.99. The van der Waals surface area contributed by atoms with Gasteiger partial charge in [-0.25, -0.2) is 9.97 Å². The molecule has 1 fully saturated rings. The summed E-state index contributed by atoms with van der Waals surface area (Å²) in [6.07, 6.45) is 4.49. The van der Waals surface area contributed by atoms with Crippen LogP contribution in [0.5, 0.6) is 0 Å². The van der Waals surface area contributed by atoms with Gasteiger partial charge in [-0.05, 0) is 44.2 Å². The number of aryl methyl sites for hydroxylation is 2. The van der Waals surface area contributed by atoms with Crippen LogP contribution in [0.15, 0.2) is 30.3 Å². The molecule has 3 rings (SSSR count). The third-order valence-corrected chi connectivity index (χ3v) is 4.38. The molecule has 1 aromatic carbocycles. The molecule has 0 bridgehead atoms. The lowest BCUT2D eigenvalue weighted by Crippen LogP contribution is -2.31. The Balaban J connectivity index is 1.83. The van der Waals surface area contributed by atoms with Crippen molar-refractivity contribution in [2.75, 3.05) is 23.3 Å². The predicted octanol–water partition coefficient (Wildman–Crippen LogP) is 3.59. The second-order valence-electron chi connectivity index (χ2n) is 6.17. The molecule has 1 amide bonds. The maximum Gasteiger partial charge on any atom is 0.274 e. The maximum absolute atomic E-state index is 12.6. The minimum atomic E-state index is -0.181. The van der Waals surface area contributed by atoms with Crippen LogP contribution in [0.25, 0.3) is 0 Å². The van der Waals surface area contributed by atoms with Gasteiger partial charge in [0.2, 0.25) is 0 Å². The molecular formula is C19H24N4O. The molecule has 2 heterocycles. The summed E-state index contributed by atoms with van der Waals surface area (Å²) in [6.45, 7) is 5.91. The average molecular weight is 324 g/mol. The van der Waals surface area contributed by atoms with Crippen LogP contribution < -0.4 is 10.2 Å². The highest BCUT2D eigenvalue weighted by Crippen LogP contribution is 2.20. The smallest absolute Gasteiger partial charge is 0.274 e. The molecular weight excluding hydrogens is 300 g/mol. The summed E-state index contributed by atoms with van der Waals surface area (Å²) in [5.74, 6) is 1.31. The number of hydrogen-bond donors (Lipinski definition) is 1. The molecule has 2 aromatic rings. The minimum absolute atomic E-state index is 0.181. The number of aromatic nitrogens is 2. The zero-order valence-corrected chi connectivity index (χ0v) is 14.4. The summed E-state index contributed by atoms with van der Waals surface area (Å²) < 4.78 is 0. The Morgan fingerprint density at radius 1 is 1.17 bits per heavy atom. The number of carbonyl (C=O) groups is 1. The van der Waals surface area contributed by atoms with Crippen molar-refractivity contribution >= 4 is 17.4 Å². The third kappa shape index (κ3) is 3.72. The molecule has 126 valence electrons. The van der Waals surface area contributed by atoms with E-state index < -0.39 is 0 Å². The summed E-state index contributed by atoms with van der Waals surface area (Å²) in [5.41, 5.74) is 2.39. The molecule has 0 saturated carbocycles. The van der Waals surface area contributed by atoms with Crippen molar-refractivity contribution in [2.45, 2.75) is 39.5 Å². The molecule has 1 aliphatic heterocycles. The first-order valence-corrected chi connectivity index (χ1v) is 8.67. The number of amides is 1. The van der Waals surface area contributed by atoms with E-state index in [4.69, 9.17) is 0 Å².